The van der Waals surface area contributed by atoms with Gasteiger partial charge in [0.15, 0.2) is 5.58 Å². The van der Waals surface area contributed by atoms with Gasteiger partial charge >= 0.3 is 0 Å². The number of benzene rings is 7. The second-order valence-electron chi connectivity index (χ2n) is 12.8. The summed E-state index contributed by atoms with van der Waals surface area (Å²) in [6.07, 6.45) is 0. The molecule has 7 aromatic carbocycles. The maximum atomic E-state index is 6.37. The molecule has 1 aromatic heterocycles. The second-order valence-corrected chi connectivity index (χ2v) is 12.8. The number of rotatable bonds is 5. The van der Waals surface area contributed by atoms with Crippen molar-refractivity contribution in [1.29, 1.82) is 0 Å². The van der Waals surface area contributed by atoms with Gasteiger partial charge in [-0.15, -0.1) is 0 Å². The summed E-state index contributed by atoms with van der Waals surface area (Å²) < 4.78 is 6.37. The standard InChI is InChI=1S/C44H32N2O/c1-44(2)39-15-9-8-14-37(39)38-28-35(25-26-40(38)44)46(33-21-16-30(17-22-33)29-10-4-3-5-11-29)34-23-18-32(19-24-34)43-45-41-27-20-31-12-6-7-13-36(31)42(41)47-43/h3-28H,1-2H3. The molecule has 0 N–H and O–H groups in total. The van der Waals surface area contributed by atoms with Gasteiger partial charge in [0.05, 0.1) is 0 Å². The van der Waals surface area contributed by atoms with Gasteiger partial charge in [-0.1, -0.05) is 117 Å². The maximum Gasteiger partial charge on any atom is 0.227 e. The number of anilines is 3. The highest BCUT2D eigenvalue weighted by molar-refractivity contribution is 6.03. The van der Waals surface area contributed by atoms with Crippen molar-refractivity contribution in [1.82, 2.24) is 4.98 Å². The zero-order chi connectivity index (χ0) is 31.5. The van der Waals surface area contributed by atoms with Crippen LogP contribution in [-0.2, 0) is 5.41 Å². The summed E-state index contributed by atoms with van der Waals surface area (Å²) in [4.78, 5) is 7.20. The molecule has 0 amide bonds. The van der Waals surface area contributed by atoms with Gasteiger partial charge in [0.2, 0.25) is 5.89 Å². The molecule has 1 heterocycles. The van der Waals surface area contributed by atoms with Gasteiger partial charge in [-0.25, -0.2) is 4.98 Å². The number of nitrogens with zero attached hydrogens (tertiary/aromatic N) is 2. The van der Waals surface area contributed by atoms with E-state index in [-0.39, 0.29) is 5.41 Å². The minimum atomic E-state index is -0.0425. The lowest BCUT2D eigenvalue weighted by Crippen LogP contribution is -2.15. The quantitative estimate of drug-likeness (QED) is 0.196. The van der Waals surface area contributed by atoms with E-state index < -0.39 is 0 Å². The fraction of sp³-hybridized carbons (Fsp3) is 0.0682. The Labute approximate surface area is 274 Å². The van der Waals surface area contributed by atoms with Crippen molar-refractivity contribution >= 4 is 38.9 Å². The molecule has 3 heteroatoms. The van der Waals surface area contributed by atoms with Crippen molar-refractivity contribution in [3.63, 3.8) is 0 Å². The Morgan fingerprint density at radius 1 is 0.511 bits per heavy atom. The first kappa shape index (κ1) is 27.4. The Morgan fingerprint density at radius 3 is 1.91 bits per heavy atom. The lowest BCUT2D eigenvalue weighted by molar-refractivity contribution is 0.623. The van der Waals surface area contributed by atoms with Crippen molar-refractivity contribution in [2.45, 2.75) is 19.3 Å². The van der Waals surface area contributed by atoms with Crippen LogP contribution >= 0.6 is 0 Å². The van der Waals surface area contributed by atoms with Crippen LogP contribution in [-0.4, -0.2) is 4.98 Å². The highest BCUT2D eigenvalue weighted by Gasteiger charge is 2.35. The molecule has 0 aliphatic heterocycles. The van der Waals surface area contributed by atoms with Crippen LogP contribution in [0.15, 0.2) is 162 Å². The predicted molar refractivity (Wildman–Crippen MR) is 195 cm³/mol. The monoisotopic (exact) mass is 604 g/mol. The third-order valence-electron chi connectivity index (χ3n) is 9.71. The third kappa shape index (κ3) is 4.46. The average Bonchev–Trinajstić information content (AvgIpc) is 3.67. The largest absolute Gasteiger partial charge is 0.435 e. The molecule has 47 heavy (non-hydrogen) atoms. The highest BCUT2D eigenvalue weighted by atomic mass is 16.3. The first-order valence-corrected chi connectivity index (χ1v) is 16.1. The van der Waals surface area contributed by atoms with Crippen molar-refractivity contribution in [2.24, 2.45) is 0 Å². The Kier molecular flexibility index (Phi) is 6.16. The molecule has 8 aromatic rings. The van der Waals surface area contributed by atoms with E-state index in [1.54, 1.807) is 0 Å². The fourth-order valence-corrected chi connectivity index (χ4v) is 7.26. The van der Waals surface area contributed by atoms with Crippen molar-refractivity contribution in [3.05, 3.63) is 169 Å². The van der Waals surface area contributed by atoms with Gasteiger partial charge in [-0.2, -0.15) is 0 Å². The SMILES string of the molecule is CC1(C)c2ccccc2-c2cc(N(c3ccc(-c4ccccc4)cc3)c3ccc(-c4nc5ccc6ccccc6c5o4)cc3)ccc21. The molecule has 0 radical (unpaired) electrons. The molecular formula is C44H32N2O. The molecule has 9 rings (SSSR count). The Bertz CT molecular complexity index is 2420. The highest BCUT2D eigenvalue weighted by Crippen LogP contribution is 2.50. The molecule has 0 bridgehead atoms. The maximum absolute atomic E-state index is 6.37. The predicted octanol–water partition coefficient (Wildman–Crippen LogP) is 12.1. The molecule has 1 aliphatic carbocycles. The van der Waals surface area contributed by atoms with Gasteiger partial charge in [0.25, 0.3) is 0 Å². The van der Waals surface area contributed by atoms with Gasteiger partial charge in [0, 0.05) is 33.4 Å². The molecule has 224 valence electrons. The number of fused-ring (bicyclic) bond motifs is 6. The smallest absolute Gasteiger partial charge is 0.227 e. The van der Waals surface area contributed by atoms with Crippen LogP contribution in [0.2, 0.25) is 0 Å². The van der Waals surface area contributed by atoms with Crippen LogP contribution in [0.3, 0.4) is 0 Å². The van der Waals surface area contributed by atoms with Gasteiger partial charge in [0.1, 0.15) is 5.52 Å². The van der Waals surface area contributed by atoms with Crippen molar-refractivity contribution < 1.29 is 4.42 Å². The van der Waals surface area contributed by atoms with E-state index in [9.17, 15) is 0 Å². The van der Waals surface area contributed by atoms with Crippen LogP contribution in [0.4, 0.5) is 17.1 Å². The molecule has 3 nitrogen and oxygen atoms in total. The molecular weight excluding hydrogens is 572 g/mol. The summed E-state index contributed by atoms with van der Waals surface area (Å²) >= 11 is 0. The summed E-state index contributed by atoms with van der Waals surface area (Å²) in [5.41, 5.74) is 13.6. The van der Waals surface area contributed by atoms with Gasteiger partial charge in [-0.05, 0) is 93.4 Å². The van der Waals surface area contributed by atoms with E-state index in [1.807, 2.05) is 18.2 Å². The third-order valence-corrected chi connectivity index (χ3v) is 9.71. The van der Waals surface area contributed by atoms with Gasteiger partial charge in [-0.3, -0.25) is 0 Å². The Balaban J connectivity index is 1.15. The van der Waals surface area contributed by atoms with Gasteiger partial charge < -0.3 is 9.32 Å². The summed E-state index contributed by atoms with van der Waals surface area (Å²) in [6, 6.07) is 56.1. The first-order valence-electron chi connectivity index (χ1n) is 16.1. The van der Waals surface area contributed by atoms with E-state index >= 15 is 0 Å². The molecule has 0 spiro atoms. The van der Waals surface area contributed by atoms with Crippen LogP contribution in [0.25, 0.3) is 55.6 Å². The van der Waals surface area contributed by atoms with E-state index in [1.165, 1.54) is 33.4 Å². The molecule has 1 aliphatic rings. The van der Waals surface area contributed by atoms with E-state index in [4.69, 9.17) is 9.40 Å². The fourth-order valence-electron chi connectivity index (χ4n) is 7.26. The average molecular weight is 605 g/mol. The number of hydrogen-bond donors (Lipinski definition) is 0. The van der Waals surface area contributed by atoms with Crippen LogP contribution < -0.4 is 4.90 Å². The second kappa shape index (κ2) is 10.6. The Morgan fingerprint density at radius 2 is 1.13 bits per heavy atom. The van der Waals surface area contributed by atoms with Crippen LogP contribution in [0.5, 0.6) is 0 Å². The van der Waals surface area contributed by atoms with Crippen LogP contribution in [0, 0.1) is 0 Å². The lowest BCUT2D eigenvalue weighted by Gasteiger charge is -2.27. The van der Waals surface area contributed by atoms with E-state index in [0.29, 0.717) is 5.89 Å². The molecule has 0 saturated carbocycles. The number of oxazole rings is 1. The summed E-state index contributed by atoms with van der Waals surface area (Å²) in [5.74, 6) is 0.623. The van der Waals surface area contributed by atoms with E-state index in [0.717, 1.165) is 44.5 Å². The molecule has 0 unspecified atom stereocenters. The molecule has 0 saturated heterocycles. The molecule has 0 atom stereocenters. The zero-order valence-electron chi connectivity index (χ0n) is 26.3. The normalized spacial score (nSPS) is 13.1. The minimum Gasteiger partial charge on any atom is -0.435 e. The van der Waals surface area contributed by atoms with E-state index in [2.05, 4.69) is 158 Å². The lowest BCUT2D eigenvalue weighted by atomic mass is 9.82. The minimum absolute atomic E-state index is 0.0425. The van der Waals surface area contributed by atoms with Crippen molar-refractivity contribution in [3.8, 4) is 33.7 Å². The topological polar surface area (TPSA) is 29.3 Å². The van der Waals surface area contributed by atoms with Crippen LogP contribution in [0.1, 0.15) is 25.0 Å². The first-order chi connectivity index (χ1) is 23.0. The number of aromatic nitrogens is 1. The summed E-state index contributed by atoms with van der Waals surface area (Å²) in [7, 11) is 0. The molecule has 0 fully saturated rings. The number of hydrogen-bond acceptors (Lipinski definition) is 3. The summed E-state index contributed by atoms with van der Waals surface area (Å²) in [5, 5.41) is 2.22. The van der Waals surface area contributed by atoms with Crippen molar-refractivity contribution in [2.75, 3.05) is 4.90 Å². The Hall–Kier alpha value is -5.93. The zero-order valence-corrected chi connectivity index (χ0v) is 26.3. The summed E-state index contributed by atoms with van der Waals surface area (Å²) in [6.45, 7) is 4.65.